The van der Waals surface area contributed by atoms with Crippen molar-refractivity contribution in [3.8, 4) is 0 Å². The normalized spacial score (nSPS) is 22.6. The summed E-state index contributed by atoms with van der Waals surface area (Å²) in [7, 11) is -3.46. The van der Waals surface area contributed by atoms with Crippen molar-refractivity contribution in [2.24, 2.45) is 11.8 Å². The number of sulfonamides is 1. The summed E-state index contributed by atoms with van der Waals surface area (Å²) < 4.78 is 27.6. The minimum Gasteiger partial charge on any atom is -0.356 e. The van der Waals surface area contributed by atoms with Gasteiger partial charge in [-0.3, -0.25) is 4.79 Å². The second-order valence-electron chi connectivity index (χ2n) is 8.36. The summed E-state index contributed by atoms with van der Waals surface area (Å²) in [6.45, 7) is 7.35. The standard InChI is InChI=1S/C20H32ClN3O3S2/c1-16-4-2-10-23(15-16)11-3-9-22-19(25)14-17-7-12-24(13-8-17)29(26,27)20-6-5-18(21)28-20/h5-6,16-17H,2-4,7-15H2,1H3,(H,22,25). The summed E-state index contributed by atoms with van der Waals surface area (Å²) in [5.41, 5.74) is 0. The zero-order valence-corrected chi connectivity index (χ0v) is 19.5. The lowest BCUT2D eigenvalue weighted by molar-refractivity contribution is -0.122. The predicted octanol–water partition coefficient (Wildman–Crippen LogP) is 3.43. The Bertz CT molecular complexity index is 776. The Kier molecular flexibility index (Phi) is 8.39. The van der Waals surface area contributed by atoms with Gasteiger partial charge in [-0.25, -0.2) is 8.42 Å². The Balaban J connectivity index is 1.33. The maximum absolute atomic E-state index is 12.6. The largest absolute Gasteiger partial charge is 0.356 e. The summed E-state index contributed by atoms with van der Waals surface area (Å²) in [6.07, 6.45) is 5.52. The second kappa shape index (κ2) is 10.6. The first-order chi connectivity index (χ1) is 13.8. The van der Waals surface area contributed by atoms with Crippen molar-refractivity contribution in [1.82, 2.24) is 14.5 Å². The van der Waals surface area contributed by atoms with Crippen molar-refractivity contribution in [3.05, 3.63) is 16.5 Å². The smallest absolute Gasteiger partial charge is 0.252 e. The highest BCUT2D eigenvalue weighted by Crippen LogP contribution is 2.31. The molecule has 0 saturated carbocycles. The molecule has 0 spiro atoms. The molecule has 0 aromatic carbocycles. The van der Waals surface area contributed by atoms with Crippen molar-refractivity contribution in [1.29, 1.82) is 0 Å². The number of carbonyl (C=O) groups is 1. The van der Waals surface area contributed by atoms with Gasteiger partial charge in [0, 0.05) is 32.6 Å². The van der Waals surface area contributed by atoms with Crippen molar-refractivity contribution in [2.45, 2.75) is 49.7 Å². The molecule has 2 fully saturated rings. The Morgan fingerprint density at radius 1 is 1.24 bits per heavy atom. The first kappa shape index (κ1) is 23.0. The molecule has 29 heavy (non-hydrogen) atoms. The number of carbonyl (C=O) groups excluding carboxylic acids is 1. The number of hydrogen-bond acceptors (Lipinski definition) is 5. The van der Waals surface area contributed by atoms with E-state index in [2.05, 4.69) is 17.1 Å². The monoisotopic (exact) mass is 461 g/mol. The van der Waals surface area contributed by atoms with Crippen molar-refractivity contribution in [3.63, 3.8) is 0 Å². The van der Waals surface area contributed by atoms with E-state index in [-0.39, 0.29) is 11.8 Å². The average Bonchev–Trinajstić information content (AvgIpc) is 3.13. The van der Waals surface area contributed by atoms with Crippen LogP contribution in [0.15, 0.2) is 16.3 Å². The number of rotatable bonds is 8. The van der Waals surface area contributed by atoms with Crippen LogP contribution in [0.5, 0.6) is 0 Å². The van der Waals surface area contributed by atoms with E-state index in [1.54, 1.807) is 12.1 Å². The van der Waals surface area contributed by atoms with Crippen LogP contribution >= 0.6 is 22.9 Å². The molecule has 0 radical (unpaired) electrons. The lowest BCUT2D eigenvalue weighted by Gasteiger charge is -2.31. The fraction of sp³-hybridized carbons (Fsp3) is 0.750. The van der Waals surface area contributed by atoms with E-state index in [1.165, 1.54) is 30.2 Å². The minimum absolute atomic E-state index is 0.0864. The van der Waals surface area contributed by atoms with Gasteiger partial charge in [-0.1, -0.05) is 18.5 Å². The molecule has 3 heterocycles. The van der Waals surface area contributed by atoms with Gasteiger partial charge in [0.15, 0.2) is 0 Å². The number of nitrogens with zero attached hydrogens (tertiary/aromatic N) is 2. The number of nitrogens with one attached hydrogen (secondary N) is 1. The highest BCUT2D eigenvalue weighted by Gasteiger charge is 2.31. The number of thiophene rings is 1. The number of piperidine rings is 2. The van der Waals surface area contributed by atoms with Crippen LogP contribution in [0.4, 0.5) is 0 Å². The molecule has 9 heteroatoms. The summed E-state index contributed by atoms with van der Waals surface area (Å²) in [5.74, 6) is 1.12. The minimum atomic E-state index is -3.46. The zero-order chi connectivity index (χ0) is 20.9. The molecule has 3 rings (SSSR count). The van der Waals surface area contributed by atoms with Gasteiger partial charge in [0.25, 0.3) is 10.0 Å². The van der Waals surface area contributed by atoms with Gasteiger partial charge >= 0.3 is 0 Å². The van der Waals surface area contributed by atoms with E-state index in [4.69, 9.17) is 11.6 Å². The van der Waals surface area contributed by atoms with E-state index in [1.807, 2.05) is 0 Å². The second-order valence-corrected chi connectivity index (χ2v) is 12.2. The third-order valence-electron chi connectivity index (χ3n) is 5.90. The Morgan fingerprint density at radius 3 is 2.66 bits per heavy atom. The van der Waals surface area contributed by atoms with Crippen LogP contribution in [0.25, 0.3) is 0 Å². The van der Waals surface area contributed by atoms with Gasteiger partial charge in [0.1, 0.15) is 4.21 Å². The van der Waals surface area contributed by atoms with Crippen LogP contribution in [-0.2, 0) is 14.8 Å². The van der Waals surface area contributed by atoms with Crippen LogP contribution in [-0.4, -0.2) is 62.8 Å². The molecule has 0 aliphatic carbocycles. The van der Waals surface area contributed by atoms with Gasteiger partial charge in [-0.2, -0.15) is 4.31 Å². The molecule has 2 aliphatic rings. The molecule has 2 aliphatic heterocycles. The first-order valence-corrected chi connectivity index (χ1v) is 13.2. The molecule has 164 valence electrons. The molecule has 1 N–H and O–H groups in total. The van der Waals surface area contributed by atoms with Gasteiger partial charge in [0.2, 0.25) is 5.91 Å². The summed E-state index contributed by atoms with van der Waals surface area (Å²) in [6, 6.07) is 3.18. The SMILES string of the molecule is CC1CCCN(CCCNC(=O)CC2CCN(S(=O)(=O)c3ccc(Cl)s3)CC2)C1. The molecule has 0 bridgehead atoms. The zero-order valence-electron chi connectivity index (χ0n) is 17.1. The van der Waals surface area contributed by atoms with Gasteiger partial charge in [0.05, 0.1) is 4.34 Å². The van der Waals surface area contributed by atoms with Crippen molar-refractivity contribution < 1.29 is 13.2 Å². The molecular formula is C20H32ClN3O3S2. The topological polar surface area (TPSA) is 69.7 Å². The van der Waals surface area contributed by atoms with Gasteiger partial charge < -0.3 is 10.2 Å². The highest BCUT2D eigenvalue weighted by atomic mass is 35.5. The molecule has 1 aromatic rings. The van der Waals surface area contributed by atoms with Gasteiger partial charge in [-0.15, -0.1) is 11.3 Å². The maximum Gasteiger partial charge on any atom is 0.252 e. The molecule has 1 amide bonds. The molecule has 1 atom stereocenters. The summed E-state index contributed by atoms with van der Waals surface area (Å²) in [5, 5.41) is 3.04. The maximum atomic E-state index is 12.6. The quantitative estimate of drug-likeness (QED) is 0.602. The Labute approximate surface area is 183 Å². The molecular weight excluding hydrogens is 430 g/mol. The summed E-state index contributed by atoms with van der Waals surface area (Å²) >= 11 is 6.97. The molecule has 2 saturated heterocycles. The first-order valence-electron chi connectivity index (χ1n) is 10.6. The van der Waals surface area contributed by atoms with Crippen LogP contribution in [0, 0.1) is 11.8 Å². The van der Waals surface area contributed by atoms with Gasteiger partial charge in [-0.05, 0) is 69.2 Å². The van der Waals surface area contributed by atoms with Crippen molar-refractivity contribution >= 4 is 38.9 Å². The average molecular weight is 462 g/mol. The third kappa shape index (κ3) is 6.66. The lowest BCUT2D eigenvalue weighted by atomic mass is 9.94. The van der Waals surface area contributed by atoms with E-state index in [0.717, 1.165) is 49.6 Å². The Morgan fingerprint density at radius 2 is 2.00 bits per heavy atom. The number of halogens is 1. The Hall–Kier alpha value is -0.670. The fourth-order valence-corrected chi connectivity index (χ4v) is 7.38. The molecule has 1 unspecified atom stereocenters. The number of hydrogen-bond donors (Lipinski definition) is 1. The predicted molar refractivity (Wildman–Crippen MR) is 118 cm³/mol. The van der Waals surface area contributed by atoms with Crippen LogP contribution in [0.3, 0.4) is 0 Å². The van der Waals surface area contributed by atoms with E-state index in [0.29, 0.717) is 28.1 Å². The molecule has 6 nitrogen and oxygen atoms in total. The third-order valence-corrected chi connectivity index (χ3v) is 9.50. The summed E-state index contributed by atoms with van der Waals surface area (Å²) in [4.78, 5) is 14.7. The van der Waals surface area contributed by atoms with E-state index in [9.17, 15) is 13.2 Å². The molecule has 1 aromatic heterocycles. The van der Waals surface area contributed by atoms with Crippen LogP contribution in [0.2, 0.25) is 4.34 Å². The van der Waals surface area contributed by atoms with E-state index >= 15 is 0 Å². The van der Waals surface area contributed by atoms with Crippen LogP contribution < -0.4 is 5.32 Å². The number of likely N-dealkylation sites (tertiary alicyclic amines) is 1. The lowest BCUT2D eigenvalue weighted by Crippen LogP contribution is -2.39. The van der Waals surface area contributed by atoms with Crippen molar-refractivity contribution in [2.75, 3.05) is 39.3 Å². The number of amides is 1. The highest BCUT2D eigenvalue weighted by molar-refractivity contribution is 7.91. The van der Waals surface area contributed by atoms with Crippen LogP contribution in [0.1, 0.15) is 45.4 Å². The fourth-order valence-electron chi connectivity index (χ4n) is 4.27. The van der Waals surface area contributed by atoms with E-state index < -0.39 is 10.0 Å².